The number of esters is 2. The van der Waals surface area contributed by atoms with E-state index in [0.717, 1.165) is 38.5 Å². The molecule has 0 aromatic rings. The predicted molar refractivity (Wildman–Crippen MR) is 89.0 cm³/mol. The highest BCUT2D eigenvalue weighted by atomic mass is 16.5. The van der Waals surface area contributed by atoms with Crippen molar-refractivity contribution in [1.29, 1.82) is 0 Å². The van der Waals surface area contributed by atoms with Crippen LogP contribution in [0.2, 0.25) is 0 Å². The van der Waals surface area contributed by atoms with Crippen LogP contribution in [0.3, 0.4) is 0 Å². The van der Waals surface area contributed by atoms with Crippen molar-refractivity contribution in [2.24, 2.45) is 5.92 Å². The highest BCUT2D eigenvalue weighted by Crippen LogP contribution is 2.10. The second-order valence-corrected chi connectivity index (χ2v) is 6.44. The van der Waals surface area contributed by atoms with E-state index in [4.69, 9.17) is 9.47 Å². The number of rotatable bonds is 13. The summed E-state index contributed by atoms with van der Waals surface area (Å²) < 4.78 is 10.1. The Balaban J connectivity index is 3.41. The van der Waals surface area contributed by atoms with Crippen molar-refractivity contribution < 1.29 is 23.9 Å². The average Bonchev–Trinajstić information content (AvgIpc) is 2.47. The van der Waals surface area contributed by atoms with E-state index in [1.807, 2.05) is 13.8 Å². The minimum Gasteiger partial charge on any atom is -0.465 e. The van der Waals surface area contributed by atoms with E-state index >= 15 is 0 Å². The normalized spacial score (nSPS) is 12.0. The lowest BCUT2D eigenvalue weighted by Gasteiger charge is -2.09. The Morgan fingerprint density at radius 3 is 1.74 bits per heavy atom. The Bertz CT molecular complexity index is 362. The van der Waals surface area contributed by atoms with Crippen LogP contribution < -0.4 is 0 Å². The first-order valence-electron chi connectivity index (χ1n) is 8.68. The van der Waals surface area contributed by atoms with Gasteiger partial charge in [-0.2, -0.15) is 0 Å². The molecular weight excluding hydrogens is 296 g/mol. The fraction of sp³-hybridized carbons (Fsp3) is 0.833. The van der Waals surface area contributed by atoms with Crippen LogP contribution in [-0.4, -0.2) is 30.4 Å². The molecule has 23 heavy (non-hydrogen) atoms. The fourth-order valence-corrected chi connectivity index (χ4v) is 1.92. The van der Waals surface area contributed by atoms with E-state index in [9.17, 15) is 14.4 Å². The molecule has 5 nitrogen and oxygen atoms in total. The van der Waals surface area contributed by atoms with Crippen LogP contribution in [0.15, 0.2) is 0 Å². The van der Waals surface area contributed by atoms with Gasteiger partial charge in [0.15, 0.2) is 11.9 Å². The lowest BCUT2D eigenvalue weighted by molar-refractivity contribution is -0.153. The molecule has 1 atom stereocenters. The number of ether oxygens (including phenoxy) is 2. The van der Waals surface area contributed by atoms with E-state index in [-0.39, 0.29) is 17.7 Å². The highest BCUT2D eigenvalue weighted by Gasteiger charge is 2.12. The molecule has 0 radical (unpaired) electrons. The van der Waals surface area contributed by atoms with Crippen LogP contribution in [0.1, 0.15) is 79.1 Å². The van der Waals surface area contributed by atoms with E-state index in [1.54, 1.807) is 6.92 Å². The minimum atomic E-state index is -0.641. The van der Waals surface area contributed by atoms with Crippen LogP contribution in [0, 0.1) is 5.92 Å². The van der Waals surface area contributed by atoms with Gasteiger partial charge in [0.2, 0.25) is 0 Å². The van der Waals surface area contributed by atoms with Gasteiger partial charge in [0, 0.05) is 12.8 Å². The number of carbonyl (C=O) groups excluding carboxylic acids is 3. The first-order valence-corrected chi connectivity index (χ1v) is 8.68. The van der Waals surface area contributed by atoms with Crippen molar-refractivity contribution in [3.63, 3.8) is 0 Å². The second-order valence-electron chi connectivity index (χ2n) is 6.44. The molecule has 5 heteroatoms. The predicted octanol–water partition coefficient (Wildman–Crippen LogP) is 3.83. The summed E-state index contributed by atoms with van der Waals surface area (Å²) in [5, 5.41) is 0. The third kappa shape index (κ3) is 14.0. The maximum atomic E-state index is 11.5. The van der Waals surface area contributed by atoms with Crippen molar-refractivity contribution in [3.8, 4) is 0 Å². The molecule has 1 unspecified atom stereocenters. The van der Waals surface area contributed by atoms with Crippen molar-refractivity contribution in [2.45, 2.75) is 85.2 Å². The molecule has 0 saturated carbocycles. The molecule has 0 aliphatic heterocycles. The number of carbonyl (C=O) groups is 3. The minimum absolute atomic E-state index is 0.110. The van der Waals surface area contributed by atoms with Crippen molar-refractivity contribution in [2.75, 3.05) is 6.61 Å². The van der Waals surface area contributed by atoms with Crippen LogP contribution >= 0.6 is 0 Å². The molecule has 134 valence electrons. The number of hydrogen-bond acceptors (Lipinski definition) is 5. The highest BCUT2D eigenvalue weighted by molar-refractivity contribution is 5.83. The Hall–Kier alpha value is -1.39. The third-order valence-corrected chi connectivity index (χ3v) is 3.47. The molecule has 0 aliphatic carbocycles. The van der Waals surface area contributed by atoms with Gasteiger partial charge in [0.1, 0.15) is 0 Å². The van der Waals surface area contributed by atoms with Gasteiger partial charge in [0.25, 0.3) is 0 Å². The molecule has 0 heterocycles. The largest absolute Gasteiger partial charge is 0.465 e. The van der Waals surface area contributed by atoms with Gasteiger partial charge < -0.3 is 9.47 Å². The second kappa shape index (κ2) is 13.1. The molecule has 0 aliphatic rings. The van der Waals surface area contributed by atoms with Gasteiger partial charge in [-0.1, -0.05) is 39.5 Å². The molecule has 0 rings (SSSR count). The van der Waals surface area contributed by atoms with Gasteiger partial charge in [-0.05, 0) is 32.6 Å². The standard InChI is InChI=1S/C18H32O5/c1-14(2)13-22-17(20)11-9-7-5-6-8-10-12-18(21)23-16(4)15(3)19/h14,16H,5-13H2,1-4H3. The molecule has 0 saturated heterocycles. The lowest BCUT2D eigenvalue weighted by Crippen LogP contribution is -2.21. The summed E-state index contributed by atoms with van der Waals surface area (Å²) in [6.07, 6.45) is 5.89. The van der Waals surface area contributed by atoms with E-state index in [2.05, 4.69) is 0 Å². The Kier molecular flexibility index (Phi) is 12.3. The molecule has 0 aromatic heterocycles. The van der Waals surface area contributed by atoms with E-state index in [0.29, 0.717) is 25.4 Å². The van der Waals surface area contributed by atoms with Crippen LogP contribution in [0.25, 0.3) is 0 Å². The summed E-state index contributed by atoms with van der Waals surface area (Å²) in [5.41, 5.74) is 0. The van der Waals surface area contributed by atoms with Crippen molar-refractivity contribution in [3.05, 3.63) is 0 Å². The lowest BCUT2D eigenvalue weighted by atomic mass is 10.1. The summed E-state index contributed by atoms with van der Waals surface area (Å²) in [6.45, 7) is 7.54. The molecule has 0 aromatic carbocycles. The van der Waals surface area contributed by atoms with E-state index in [1.165, 1.54) is 6.92 Å². The van der Waals surface area contributed by atoms with Gasteiger partial charge in [-0.15, -0.1) is 0 Å². The number of ketones is 1. The number of Topliss-reactive ketones (excluding diaryl/α,β-unsaturated/α-hetero) is 1. The summed E-state index contributed by atoms with van der Waals surface area (Å²) in [5.74, 6) is -0.170. The topological polar surface area (TPSA) is 69.7 Å². The Morgan fingerprint density at radius 1 is 0.783 bits per heavy atom. The van der Waals surface area contributed by atoms with Gasteiger partial charge in [0.05, 0.1) is 6.61 Å². The summed E-state index contributed by atoms with van der Waals surface area (Å²) in [4.78, 5) is 33.8. The zero-order chi connectivity index (χ0) is 17.7. The first kappa shape index (κ1) is 21.6. The number of unbranched alkanes of at least 4 members (excludes halogenated alkanes) is 5. The Labute approximate surface area is 140 Å². The molecule has 0 bridgehead atoms. The molecular formula is C18H32O5. The van der Waals surface area contributed by atoms with Gasteiger partial charge in [-0.25, -0.2) is 0 Å². The maximum absolute atomic E-state index is 11.5. The SMILES string of the molecule is CC(=O)C(C)OC(=O)CCCCCCCCC(=O)OCC(C)C. The Morgan fingerprint density at radius 2 is 1.26 bits per heavy atom. The third-order valence-electron chi connectivity index (χ3n) is 3.47. The monoisotopic (exact) mass is 328 g/mol. The number of hydrogen-bond donors (Lipinski definition) is 0. The van der Waals surface area contributed by atoms with Crippen LogP contribution in [-0.2, 0) is 23.9 Å². The quantitative estimate of drug-likeness (QED) is 0.379. The van der Waals surface area contributed by atoms with Gasteiger partial charge >= 0.3 is 11.9 Å². The summed E-state index contributed by atoms with van der Waals surface area (Å²) in [6, 6.07) is 0. The van der Waals surface area contributed by atoms with Gasteiger partial charge in [-0.3, -0.25) is 14.4 Å². The zero-order valence-corrected chi connectivity index (χ0v) is 15.1. The fourth-order valence-electron chi connectivity index (χ4n) is 1.92. The van der Waals surface area contributed by atoms with Crippen molar-refractivity contribution in [1.82, 2.24) is 0 Å². The smallest absolute Gasteiger partial charge is 0.306 e. The van der Waals surface area contributed by atoms with Crippen LogP contribution in [0.4, 0.5) is 0 Å². The average molecular weight is 328 g/mol. The maximum Gasteiger partial charge on any atom is 0.306 e. The zero-order valence-electron chi connectivity index (χ0n) is 15.1. The van der Waals surface area contributed by atoms with Crippen LogP contribution in [0.5, 0.6) is 0 Å². The van der Waals surface area contributed by atoms with E-state index < -0.39 is 6.10 Å². The molecule has 0 amide bonds. The van der Waals surface area contributed by atoms with Crippen molar-refractivity contribution >= 4 is 17.7 Å². The molecule has 0 spiro atoms. The molecule has 0 N–H and O–H groups in total. The summed E-state index contributed by atoms with van der Waals surface area (Å²) in [7, 11) is 0. The first-order chi connectivity index (χ1) is 10.8. The summed E-state index contributed by atoms with van der Waals surface area (Å²) >= 11 is 0. The molecule has 0 fully saturated rings.